The molecule has 2 heterocycles. The maximum absolute atomic E-state index is 4.25. The van der Waals surface area contributed by atoms with Crippen LogP contribution in [0.4, 0.5) is 0 Å². The first kappa shape index (κ1) is 9.80. The highest BCUT2D eigenvalue weighted by atomic mass is 32.1. The Hall–Kier alpha value is -0.740. The highest BCUT2D eigenvalue weighted by Crippen LogP contribution is 2.27. The van der Waals surface area contributed by atoms with Crippen LogP contribution in [0.25, 0.3) is 10.0 Å². The van der Waals surface area contributed by atoms with Crippen molar-refractivity contribution >= 4 is 22.7 Å². The fourth-order valence-electron chi connectivity index (χ4n) is 1.15. The molecule has 0 aromatic carbocycles. The zero-order chi connectivity index (χ0) is 9.97. The Morgan fingerprint density at radius 3 is 2.93 bits per heavy atom. The summed E-state index contributed by atoms with van der Waals surface area (Å²) in [5, 5.41) is 3.97. The molecule has 0 aliphatic carbocycles. The maximum Gasteiger partial charge on any atom is 0.153 e. The highest BCUT2D eigenvalue weighted by molar-refractivity contribution is 7.20. The van der Waals surface area contributed by atoms with E-state index in [-0.39, 0.29) is 0 Å². The SMILES string of the molecule is CC(C)Cc1[c]nc(-c2nccs2)s1. The van der Waals surface area contributed by atoms with Crippen molar-refractivity contribution in [2.24, 2.45) is 5.92 Å². The van der Waals surface area contributed by atoms with Gasteiger partial charge in [0, 0.05) is 16.5 Å². The van der Waals surface area contributed by atoms with Crippen LogP contribution in [0.3, 0.4) is 0 Å². The predicted octanol–water partition coefficient (Wildman–Crippen LogP) is 3.27. The lowest BCUT2D eigenvalue weighted by atomic mass is 10.1. The fraction of sp³-hybridized carbons (Fsp3) is 0.400. The lowest BCUT2D eigenvalue weighted by molar-refractivity contribution is 0.653. The van der Waals surface area contributed by atoms with Gasteiger partial charge in [0.05, 0.1) is 0 Å². The van der Waals surface area contributed by atoms with Gasteiger partial charge in [-0.3, -0.25) is 0 Å². The number of hydrogen-bond donors (Lipinski definition) is 0. The van der Waals surface area contributed by atoms with Crippen molar-refractivity contribution in [1.82, 2.24) is 9.97 Å². The molecule has 73 valence electrons. The molecule has 1 radical (unpaired) electrons. The van der Waals surface area contributed by atoms with Crippen molar-refractivity contribution in [3.05, 3.63) is 22.7 Å². The van der Waals surface area contributed by atoms with Gasteiger partial charge in [0.15, 0.2) is 10.0 Å². The van der Waals surface area contributed by atoms with E-state index in [0.717, 1.165) is 16.4 Å². The summed E-state index contributed by atoms with van der Waals surface area (Å²) in [4.78, 5) is 9.71. The Labute approximate surface area is 91.7 Å². The van der Waals surface area contributed by atoms with E-state index < -0.39 is 0 Å². The standard InChI is InChI=1S/C10H11N2S2/c1-7(2)5-8-6-12-10(14-8)9-11-3-4-13-9/h3-4,7H,5H2,1-2H3. The van der Waals surface area contributed by atoms with Gasteiger partial charge in [0.25, 0.3) is 0 Å². The molecule has 2 aromatic rings. The Morgan fingerprint density at radius 1 is 1.43 bits per heavy atom. The minimum absolute atomic E-state index is 0.663. The maximum atomic E-state index is 4.25. The molecule has 0 bridgehead atoms. The first-order valence-corrected chi connectivity index (χ1v) is 6.22. The second kappa shape index (κ2) is 4.19. The van der Waals surface area contributed by atoms with E-state index in [4.69, 9.17) is 0 Å². The predicted molar refractivity (Wildman–Crippen MR) is 60.6 cm³/mol. The molecule has 0 unspecified atom stereocenters. The molecule has 0 aliphatic heterocycles. The third kappa shape index (κ3) is 2.19. The van der Waals surface area contributed by atoms with Gasteiger partial charge in [-0.15, -0.1) is 22.7 Å². The zero-order valence-corrected chi connectivity index (χ0v) is 9.78. The van der Waals surface area contributed by atoms with Crippen molar-refractivity contribution in [3.63, 3.8) is 0 Å². The largest absolute Gasteiger partial charge is 0.242 e. The van der Waals surface area contributed by atoms with Crippen LogP contribution >= 0.6 is 22.7 Å². The van der Waals surface area contributed by atoms with Crippen LogP contribution in [-0.2, 0) is 6.42 Å². The zero-order valence-electron chi connectivity index (χ0n) is 8.15. The van der Waals surface area contributed by atoms with E-state index in [2.05, 4.69) is 30.0 Å². The highest BCUT2D eigenvalue weighted by Gasteiger charge is 2.08. The summed E-state index contributed by atoms with van der Waals surface area (Å²) >= 11 is 3.33. The van der Waals surface area contributed by atoms with E-state index in [0.29, 0.717) is 5.92 Å². The molecule has 2 nitrogen and oxygen atoms in total. The van der Waals surface area contributed by atoms with Crippen LogP contribution in [-0.4, -0.2) is 9.97 Å². The first-order chi connectivity index (χ1) is 6.75. The lowest BCUT2D eigenvalue weighted by Gasteiger charge is -1.97. The second-order valence-corrected chi connectivity index (χ2v) is 5.47. The molecule has 0 aliphatic rings. The fourth-order valence-corrected chi connectivity index (χ4v) is 2.91. The van der Waals surface area contributed by atoms with Crippen molar-refractivity contribution in [1.29, 1.82) is 0 Å². The van der Waals surface area contributed by atoms with Crippen LogP contribution in [0.5, 0.6) is 0 Å². The summed E-state index contributed by atoms with van der Waals surface area (Å²) in [5.41, 5.74) is 0. The smallest absolute Gasteiger partial charge is 0.153 e. The number of nitrogens with zero attached hydrogens (tertiary/aromatic N) is 2. The van der Waals surface area contributed by atoms with Gasteiger partial charge in [0.2, 0.25) is 0 Å². The summed E-state index contributed by atoms with van der Waals surface area (Å²) in [6.07, 6.45) is 5.93. The van der Waals surface area contributed by atoms with Gasteiger partial charge < -0.3 is 0 Å². The van der Waals surface area contributed by atoms with Gasteiger partial charge in [0.1, 0.15) is 6.20 Å². The molecule has 0 amide bonds. The average Bonchev–Trinajstić information content (AvgIpc) is 2.69. The number of aromatic nitrogens is 2. The van der Waals surface area contributed by atoms with Gasteiger partial charge in [-0.25, -0.2) is 9.97 Å². The molecule has 0 N–H and O–H groups in total. The molecule has 2 aromatic heterocycles. The first-order valence-electron chi connectivity index (χ1n) is 4.53. The summed E-state index contributed by atoms with van der Waals surface area (Å²) in [6.45, 7) is 4.41. The number of hydrogen-bond acceptors (Lipinski definition) is 4. The van der Waals surface area contributed by atoms with E-state index in [9.17, 15) is 0 Å². The van der Waals surface area contributed by atoms with Crippen LogP contribution in [0.15, 0.2) is 11.6 Å². The van der Waals surface area contributed by atoms with E-state index in [1.165, 1.54) is 4.88 Å². The lowest BCUT2D eigenvalue weighted by Crippen LogP contribution is -1.89. The van der Waals surface area contributed by atoms with Crippen molar-refractivity contribution in [2.75, 3.05) is 0 Å². The normalized spacial score (nSPS) is 11.1. The summed E-state index contributed by atoms with van der Waals surface area (Å²) < 4.78 is 0. The molecule has 0 saturated heterocycles. The molecule has 14 heavy (non-hydrogen) atoms. The van der Waals surface area contributed by atoms with E-state index in [1.807, 2.05) is 11.6 Å². The van der Waals surface area contributed by atoms with Gasteiger partial charge in [-0.2, -0.15) is 0 Å². The van der Waals surface area contributed by atoms with Crippen molar-refractivity contribution in [2.45, 2.75) is 20.3 Å². The van der Waals surface area contributed by atoms with Crippen LogP contribution < -0.4 is 0 Å². The summed E-state index contributed by atoms with van der Waals surface area (Å²) in [6, 6.07) is 0. The number of thiazole rings is 2. The minimum Gasteiger partial charge on any atom is -0.242 e. The average molecular weight is 223 g/mol. The van der Waals surface area contributed by atoms with Gasteiger partial charge in [-0.05, 0) is 12.3 Å². The van der Waals surface area contributed by atoms with Crippen LogP contribution in [0.1, 0.15) is 18.7 Å². The molecule has 2 rings (SSSR count). The minimum atomic E-state index is 0.663. The molecule has 0 saturated carbocycles. The third-order valence-corrected chi connectivity index (χ3v) is 3.60. The summed E-state index contributed by atoms with van der Waals surface area (Å²) in [7, 11) is 0. The van der Waals surface area contributed by atoms with Crippen molar-refractivity contribution in [3.8, 4) is 10.0 Å². The van der Waals surface area contributed by atoms with Gasteiger partial charge >= 0.3 is 0 Å². The molecule has 0 fully saturated rings. The topological polar surface area (TPSA) is 25.8 Å². The second-order valence-electron chi connectivity index (χ2n) is 3.49. The molecule has 0 atom stereocenters. The Morgan fingerprint density at radius 2 is 2.29 bits per heavy atom. The van der Waals surface area contributed by atoms with Crippen LogP contribution in [0, 0.1) is 12.1 Å². The monoisotopic (exact) mass is 223 g/mol. The van der Waals surface area contributed by atoms with Gasteiger partial charge in [-0.1, -0.05) is 13.8 Å². The molecular weight excluding hydrogens is 212 g/mol. The quantitative estimate of drug-likeness (QED) is 0.798. The number of rotatable bonds is 3. The van der Waals surface area contributed by atoms with E-state index in [1.54, 1.807) is 22.7 Å². The molecule has 4 heteroatoms. The third-order valence-electron chi connectivity index (χ3n) is 1.71. The summed E-state index contributed by atoms with van der Waals surface area (Å²) in [5.74, 6) is 0.663. The Balaban J connectivity index is 2.18. The Kier molecular flexibility index (Phi) is 2.93. The Bertz CT molecular complexity index is 390. The molecule has 0 spiro atoms. The van der Waals surface area contributed by atoms with Crippen LogP contribution in [0.2, 0.25) is 0 Å². The van der Waals surface area contributed by atoms with Crippen molar-refractivity contribution < 1.29 is 0 Å². The van der Waals surface area contributed by atoms with E-state index >= 15 is 0 Å². The molecular formula is C10H11N2S2.